The monoisotopic (exact) mass is 942 g/mol. The summed E-state index contributed by atoms with van der Waals surface area (Å²) >= 11 is 0. The number of fused-ring (bicyclic) bond motifs is 1. The highest BCUT2D eigenvalue weighted by molar-refractivity contribution is 5.65. The molecular weight excluding hydrogens is 843 g/mol. The third kappa shape index (κ3) is 31.1. The van der Waals surface area contributed by atoms with Gasteiger partial charge in [-0.3, -0.25) is 4.79 Å². The summed E-state index contributed by atoms with van der Waals surface area (Å²) in [6, 6.07) is 8.20. The van der Waals surface area contributed by atoms with Crippen LogP contribution < -0.4 is 21.8 Å². The van der Waals surface area contributed by atoms with E-state index < -0.39 is 17.1 Å². The minimum absolute atomic E-state index is 0.0777. The predicted octanol–water partition coefficient (Wildman–Crippen LogP) is 12.9. The van der Waals surface area contributed by atoms with Gasteiger partial charge in [0.05, 0.1) is 31.9 Å². The molecule has 0 N–H and O–H groups in total. The van der Waals surface area contributed by atoms with E-state index in [0.29, 0.717) is 54.6 Å². The Morgan fingerprint density at radius 1 is 0.716 bits per heavy atom. The maximum Gasteiger partial charge on any atom is 0.336 e. The SMILES string of the molecule is C=CCn1c(=O)n(CC=C)c(=O)n(CCCC(C)(C)C)c1=O.CC(=O)OCCCC(C)(C)C.CC(C)(C)C.CC(C)(C)CCC1CCC2OC2C1.CCOC(C)Oc1ccc(C(C)(C)C)cc1. The first kappa shape index (κ1) is 63.3. The molecule has 4 unspecified atom stereocenters. The smallest absolute Gasteiger partial charge is 0.336 e. The van der Waals surface area contributed by atoms with Gasteiger partial charge in [0.2, 0.25) is 0 Å². The number of rotatable bonds is 16. The Hall–Kier alpha value is -3.70. The number of epoxide rings is 1. The Kier molecular flexibility index (Phi) is 27.7. The summed E-state index contributed by atoms with van der Waals surface area (Å²) in [4.78, 5) is 47.2. The standard InChI is InChI=1S/C16H25N3O3.C14H22O2.C12H22O.C9H18O2.C5H12/c1-6-10-17-13(20)18(11-7-2)15(22)19(14(17)21)12-8-9-16(3,4)5;1-6-15-11(2)16-13-9-7-12(8-10-13)14(3,4)5;1-12(2,3)7-6-9-4-5-10-11(8-9)13-10;1-8(10)11-7-5-6-9(2,3)4;1-5(2,3)4/h6-7H,1-2,8-12H2,3-5H3;7-11H,6H2,1-5H3;9-11H,4-8H2,1-3H3;5-7H2,1-4H3;1-4H3. The third-order valence-electron chi connectivity index (χ3n) is 10.5. The van der Waals surface area contributed by atoms with Gasteiger partial charge in [-0.15, -0.1) is 13.2 Å². The normalized spacial score (nSPS) is 17.2. The van der Waals surface area contributed by atoms with E-state index in [9.17, 15) is 19.2 Å². The lowest BCUT2D eigenvalue weighted by Gasteiger charge is -2.24. The van der Waals surface area contributed by atoms with Gasteiger partial charge in [-0.1, -0.05) is 135 Å². The first-order chi connectivity index (χ1) is 30.6. The van der Waals surface area contributed by atoms with E-state index in [1.807, 2.05) is 26.0 Å². The highest BCUT2D eigenvalue weighted by Gasteiger charge is 2.43. The number of carbonyl (C=O) groups is 1. The Morgan fingerprint density at radius 3 is 1.58 bits per heavy atom. The fourth-order valence-electron chi connectivity index (χ4n) is 6.91. The fourth-order valence-corrected chi connectivity index (χ4v) is 6.91. The van der Waals surface area contributed by atoms with Crippen LogP contribution in [0.2, 0.25) is 0 Å². The van der Waals surface area contributed by atoms with Crippen LogP contribution in [0.25, 0.3) is 0 Å². The molecule has 1 aliphatic carbocycles. The van der Waals surface area contributed by atoms with E-state index >= 15 is 0 Å². The van der Waals surface area contributed by atoms with Gasteiger partial charge < -0.3 is 18.9 Å². The number of nitrogens with zero attached hydrogens (tertiary/aromatic N) is 3. The first-order valence-corrected chi connectivity index (χ1v) is 25.0. The van der Waals surface area contributed by atoms with E-state index in [4.69, 9.17) is 18.9 Å². The summed E-state index contributed by atoms with van der Waals surface area (Å²) in [5, 5.41) is 0. The molecule has 386 valence electrons. The van der Waals surface area contributed by atoms with Crippen molar-refractivity contribution in [3.63, 3.8) is 0 Å². The maximum atomic E-state index is 12.4. The highest BCUT2D eigenvalue weighted by Crippen LogP contribution is 2.42. The second-order valence-electron chi connectivity index (χ2n) is 24.4. The fraction of sp³-hybridized carbons (Fsp3) is 0.750. The summed E-state index contributed by atoms with van der Waals surface area (Å²) < 4.78 is 24.4. The van der Waals surface area contributed by atoms with Crippen LogP contribution >= 0.6 is 0 Å². The number of ether oxygens (including phenoxy) is 4. The van der Waals surface area contributed by atoms with Crippen LogP contribution in [-0.4, -0.2) is 51.4 Å². The number of benzene rings is 1. The molecule has 2 fully saturated rings. The quantitative estimate of drug-likeness (QED) is 0.0536. The molecule has 11 nitrogen and oxygen atoms in total. The molecule has 4 rings (SSSR count). The summed E-state index contributed by atoms with van der Waals surface area (Å²) in [6.45, 7) is 49.3. The molecule has 2 heterocycles. The van der Waals surface area contributed by atoms with Crippen molar-refractivity contribution < 1.29 is 23.7 Å². The zero-order chi connectivity index (χ0) is 52.0. The lowest BCUT2D eigenvalue weighted by atomic mass is 9.81. The molecule has 1 aromatic heterocycles. The lowest BCUT2D eigenvalue weighted by Crippen LogP contribution is -2.54. The second kappa shape index (κ2) is 29.4. The van der Waals surface area contributed by atoms with Crippen LogP contribution in [0.3, 0.4) is 0 Å². The molecule has 67 heavy (non-hydrogen) atoms. The van der Waals surface area contributed by atoms with Gasteiger partial charge in [0.25, 0.3) is 0 Å². The van der Waals surface area contributed by atoms with Crippen LogP contribution in [-0.2, 0) is 44.1 Å². The molecule has 0 amide bonds. The van der Waals surface area contributed by atoms with Crippen molar-refractivity contribution in [2.24, 2.45) is 27.6 Å². The van der Waals surface area contributed by atoms with Crippen LogP contribution in [0.1, 0.15) is 195 Å². The Balaban J connectivity index is 0.000000861. The van der Waals surface area contributed by atoms with Crippen LogP contribution in [0, 0.1) is 27.6 Å². The van der Waals surface area contributed by atoms with Gasteiger partial charge in [0.15, 0.2) is 6.29 Å². The molecule has 2 aliphatic rings. The number of aromatic nitrogens is 3. The summed E-state index contributed by atoms with van der Waals surface area (Å²) in [7, 11) is 0. The Bertz CT molecular complexity index is 1850. The molecule has 0 spiro atoms. The summed E-state index contributed by atoms with van der Waals surface area (Å²) in [6.07, 6.45) is 14.6. The van der Waals surface area contributed by atoms with Crippen LogP contribution in [0.5, 0.6) is 5.75 Å². The molecule has 1 aromatic carbocycles. The molecule has 0 radical (unpaired) electrons. The average Bonchev–Trinajstić information content (AvgIpc) is 3.96. The van der Waals surface area contributed by atoms with Crippen molar-refractivity contribution in [1.29, 1.82) is 0 Å². The van der Waals surface area contributed by atoms with Crippen molar-refractivity contribution in [2.75, 3.05) is 13.2 Å². The minimum Gasteiger partial charge on any atom is -0.466 e. The molecule has 1 aliphatic heterocycles. The molecule has 11 heteroatoms. The molecular formula is C56H99N3O8. The topological polar surface area (TPSA) is 123 Å². The second-order valence-corrected chi connectivity index (χ2v) is 24.4. The van der Waals surface area contributed by atoms with E-state index in [2.05, 4.69) is 136 Å². The van der Waals surface area contributed by atoms with Gasteiger partial charge in [0.1, 0.15) is 5.75 Å². The van der Waals surface area contributed by atoms with Crippen molar-refractivity contribution in [2.45, 2.75) is 233 Å². The number of allylic oxidation sites excluding steroid dienone is 2. The zero-order valence-electron chi connectivity index (χ0n) is 46.2. The lowest BCUT2D eigenvalue weighted by molar-refractivity contribution is -0.141. The van der Waals surface area contributed by atoms with E-state index in [1.165, 1.54) is 56.7 Å². The number of hydrogen-bond acceptors (Lipinski definition) is 8. The number of esters is 1. The predicted molar refractivity (Wildman–Crippen MR) is 280 cm³/mol. The first-order valence-electron chi connectivity index (χ1n) is 25.0. The highest BCUT2D eigenvalue weighted by atomic mass is 16.7. The number of hydrogen-bond donors (Lipinski definition) is 0. The minimum atomic E-state index is -0.623. The Morgan fingerprint density at radius 2 is 1.18 bits per heavy atom. The molecule has 1 saturated carbocycles. The Labute approximate surface area is 408 Å². The zero-order valence-corrected chi connectivity index (χ0v) is 46.2. The van der Waals surface area contributed by atoms with E-state index in [0.717, 1.165) is 44.6 Å². The average molecular weight is 942 g/mol. The largest absolute Gasteiger partial charge is 0.466 e. The van der Waals surface area contributed by atoms with Crippen molar-refractivity contribution >= 4 is 5.97 Å². The van der Waals surface area contributed by atoms with Crippen LogP contribution in [0.15, 0.2) is 64.0 Å². The summed E-state index contributed by atoms with van der Waals surface area (Å²) in [5.41, 5.74) is 1.20. The van der Waals surface area contributed by atoms with Crippen molar-refractivity contribution in [3.8, 4) is 5.75 Å². The molecule has 4 atom stereocenters. The molecule has 1 saturated heterocycles. The van der Waals surface area contributed by atoms with Gasteiger partial charge in [-0.2, -0.15) is 0 Å². The van der Waals surface area contributed by atoms with Gasteiger partial charge in [-0.05, 0) is 122 Å². The third-order valence-corrected chi connectivity index (χ3v) is 10.5. The van der Waals surface area contributed by atoms with Gasteiger partial charge in [-0.25, -0.2) is 28.1 Å². The van der Waals surface area contributed by atoms with Gasteiger partial charge >= 0.3 is 23.0 Å². The molecule has 2 aromatic rings. The van der Waals surface area contributed by atoms with E-state index in [-0.39, 0.29) is 36.2 Å². The maximum absolute atomic E-state index is 12.4. The van der Waals surface area contributed by atoms with Crippen molar-refractivity contribution in [3.05, 3.63) is 86.6 Å². The summed E-state index contributed by atoms with van der Waals surface area (Å²) in [5.74, 6) is 1.64. The number of carbonyl (C=O) groups excluding carboxylic acids is 1. The van der Waals surface area contributed by atoms with E-state index in [1.54, 1.807) is 0 Å². The van der Waals surface area contributed by atoms with Crippen molar-refractivity contribution in [1.82, 2.24) is 13.7 Å². The van der Waals surface area contributed by atoms with Gasteiger partial charge in [0, 0.05) is 20.1 Å². The molecule has 0 bridgehead atoms. The van der Waals surface area contributed by atoms with Crippen LogP contribution in [0.4, 0.5) is 0 Å².